The molecule has 1 aromatic rings. The first-order valence-corrected chi connectivity index (χ1v) is 7.62. The lowest BCUT2D eigenvalue weighted by molar-refractivity contribution is -0.137. The summed E-state index contributed by atoms with van der Waals surface area (Å²) in [5.74, 6) is 0. The molecule has 0 atom stereocenters. The van der Waals surface area contributed by atoms with Gasteiger partial charge in [0.2, 0.25) is 0 Å². The van der Waals surface area contributed by atoms with Gasteiger partial charge in [-0.2, -0.15) is 13.2 Å². The zero-order valence-electron chi connectivity index (χ0n) is 12.0. The Hall–Kier alpha value is -1.07. The highest BCUT2D eigenvalue weighted by atomic mass is 19.4. The number of benzene rings is 1. The SMILES string of the molecule is FC(F)(F)c1cccc(CN2CCNCC23CCCC3)c1. The first kappa shape index (κ1) is 14.9. The van der Waals surface area contributed by atoms with Crippen LogP contribution in [0.1, 0.15) is 36.8 Å². The minimum atomic E-state index is -4.26. The van der Waals surface area contributed by atoms with Crippen molar-refractivity contribution < 1.29 is 13.2 Å². The fourth-order valence-corrected chi connectivity index (χ4v) is 3.72. The molecule has 1 N–H and O–H groups in total. The molecular formula is C16H21F3N2. The van der Waals surface area contributed by atoms with E-state index in [0.717, 1.165) is 44.1 Å². The Balaban J connectivity index is 1.79. The van der Waals surface area contributed by atoms with Crippen LogP contribution >= 0.6 is 0 Å². The monoisotopic (exact) mass is 298 g/mol. The van der Waals surface area contributed by atoms with Crippen LogP contribution in [-0.2, 0) is 12.7 Å². The van der Waals surface area contributed by atoms with Crippen molar-refractivity contribution in [2.24, 2.45) is 0 Å². The average molecular weight is 298 g/mol. The van der Waals surface area contributed by atoms with Gasteiger partial charge in [0.1, 0.15) is 0 Å². The number of nitrogens with zero attached hydrogens (tertiary/aromatic N) is 1. The lowest BCUT2D eigenvalue weighted by Crippen LogP contribution is -2.59. The maximum atomic E-state index is 12.8. The predicted molar refractivity (Wildman–Crippen MR) is 75.9 cm³/mol. The van der Waals surface area contributed by atoms with E-state index in [-0.39, 0.29) is 5.54 Å². The Bertz CT molecular complexity index is 493. The second-order valence-electron chi connectivity index (χ2n) is 6.23. The summed E-state index contributed by atoms with van der Waals surface area (Å²) >= 11 is 0. The molecule has 1 saturated heterocycles. The minimum absolute atomic E-state index is 0.159. The summed E-state index contributed by atoms with van der Waals surface area (Å²) in [7, 11) is 0. The fraction of sp³-hybridized carbons (Fsp3) is 0.625. The summed E-state index contributed by atoms with van der Waals surface area (Å²) in [6, 6.07) is 5.76. The third-order valence-corrected chi connectivity index (χ3v) is 4.85. The molecule has 1 aromatic carbocycles. The van der Waals surface area contributed by atoms with E-state index in [2.05, 4.69) is 10.2 Å². The molecule has 3 rings (SSSR count). The highest BCUT2D eigenvalue weighted by molar-refractivity contribution is 5.26. The van der Waals surface area contributed by atoms with E-state index in [1.807, 2.05) is 0 Å². The van der Waals surface area contributed by atoms with Gasteiger partial charge in [0.05, 0.1) is 5.56 Å². The Morgan fingerprint density at radius 2 is 1.95 bits per heavy atom. The summed E-state index contributed by atoms with van der Waals surface area (Å²) in [4.78, 5) is 2.39. The molecule has 1 saturated carbocycles. The molecule has 116 valence electrons. The summed E-state index contributed by atoms with van der Waals surface area (Å²) in [6.07, 6.45) is 0.490. The van der Waals surface area contributed by atoms with Gasteiger partial charge in [0.15, 0.2) is 0 Å². The molecule has 2 nitrogen and oxygen atoms in total. The van der Waals surface area contributed by atoms with Crippen LogP contribution < -0.4 is 5.32 Å². The smallest absolute Gasteiger partial charge is 0.314 e. The van der Waals surface area contributed by atoms with Crippen LogP contribution in [0, 0.1) is 0 Å². The maximum absolute atomic E-state index is 12.8. The largest absolute Gasteiger partial charge is 0.416 e. The zero-order valence-corrected chi connectivity index (χ0v) is 12.0. The first-order chi connectivity index (χ1) is 10.00. The Kier molecular flexibility index (Phi) is 3.97. The molecule has 0 unspecified atom stereocenters. The highest BCUT2D eigenvalue weighted by Crippen LogP contribution is 2.37. The number of piperazine rings is 1. The summed E-state index contributed by atoms with van der Waals surface area (Å²) in [5.41, 5.74) is 0.376. The second-order valence-corrected chi connectivity index (χ2v) is 6.23. The van der Waals surface area contributed by atoms with Crippen molar-refractivity contribution in [3.05, 3.63) is 35.4 Å². The van der Waals surface area contributed by atoms with Crippen LogP contribution in [0.4, 0.5) is 13.2 Å². The molecule has 0 amide bonds. The van der Waals surface area contributed by atoms with Crippen LogP contribution in [-0.4, -0.2) is 30.1 Å². The molecule has 1 aliphatic heterocycles. The van der Waals surface area contributed by atoms with Crippen molar-refractivity contribution in [2.75, 3.05) is 19.6 Å². The molecule has 0 bridgehead atoms. The molecule has 21 heavy (non-hydrogen) atoms. The number of halogens is 3. The maximum Gasteiger partial charge on any atom is 0.416 e. The molecule has 1 spiro atoms. The van der Waals surface area contributed by atoms with Gasteiger partial charge >= 0.3 is 6.18 Å². The molecular weight excluding hydrogens is 277 g/mol. The van der Waals surface area contributed by atoms with Gasteiger partial charge in [-0.1, -0.05) is 31.0 Å². The van der Waals surface area contributed by atoms with Crippen LogP contribution in [0.3, 0.4) is 0 Å². The van der Waals surface area contributed by atoms with Crippen molar-refractivity contribution in [2.45, 2.75) is 43.9 Å². The standard InChI is InChI=1S/C16H21F3N2/c17-16(18,19)14-5-3-4-13(10-14)11-21-9-8-20-12-15(21)6-1-2-7-15/h3-5,10,20H,1-2,6-9,11-12H2. The van der Waals surface area contributed by atoms with Crippen molar-refractivity contribution in [1.29, 1.82) is 0 Å². The highest BCUT2D eigenvalue weighted by Gasteiger charge is 2.41. The van der Waals surface area contributed by atoms with Gasteiger partial charge in [-0.3, -0.25) is 4.90 Å². The van der Waals surface area contributed by atoms with Gasteiger partial charge in [0.25, 0.3) is 0 Å². The molecule has 1 heterocycles. The van der Waals surface area contributed by atoms with E-state index in [9.17, 15) is 13.2 Å². The Morgan fingerprint density at radius 3 is 2.67 bits per heavy atom. The van der Waals surface area contributed by atoms with Crippen molar-refractivity contribution in [3.63, 3.8) is 0 Å². The van der Waals surface area contributed by atoms with Gasteiger partial charge in [-0.25, -0.2) is 0 Å². The Morgan fingerprint density at radius 1 is 1.19 bits per heavy atom. The molecule has 1 aliphatic carbocycles. The van der Waals surface area contributed by atoms with Crippen molar-refractivity contribution >= 4 is 0 Å². The van der Waals surface area contributed by atoms with E-state index in [4.69, 9.17) is 0 Å². The molecule has 0 aromatic heterocycles. The third-order valence-electron chi connectivity index (χ3n) is 4.85. The van der Waals surface area contributed by atoms with Gasteiger partial charge in [-0.05, 0) is 24.5 Å². The normalized spacial score (nSPS) is 22.8. The number of alkyl halides is 3. The van der Waals surface area contributed by atoms with E-state index in [1.165, 1.54) is 25.0 Å². The van der Waals surface area contributed by atoms with E-state index < -0.39 is 11.7 Å². The summed E-state index contributed by atoms with van der Waals surface area (Å²) < 4.78 is 38.5. The first-order valence-electron chi connectivity index (χ1n) is 7.62. The Labute approximate surface area is 123 Å². The third kappa shape index (κ3) is 3.09. The molecule has 5 heteroatoms. The number of nitrogens with one attached hydrogen (secondary N) is 1. The average Bonchev–Trinajstić information content (AvgIpc) is 2.90. The minimum Gasteiger partial charge on any atom is -0.314 e. The van der Waals surface area contributed by atoms with Gasteiger partial charge < -0.3 is 5.32 Å². The van der Waals surface area contributed by atoms with Gasteiger partial charge in [0, 0.05) is 31.7 Å². The summed E-state index contributed by atoms with van der Waals surface area (Å²) in [5, 5.41) is 3.45. The topological polar surface area (TPSA) is 15.3 Å². The van der Waals surface area contributed by atoms with E-state index in [1.54, 1.807) is 6.07 Å². The van der Waals surface area contributed by atoms with Crippen LogP contribution in [0.25, 0.3) is 0 Å². The second kappa shape index (κ2) is 5.61. The molecule has 2 aliphatic rings. The van der Waals surface area contributed by atoms with Crippen molar-refractivity contribution in [1.82, 2.24) is 10.2 Å². The number of hydrogen-bond acceptors (Lipinski definition) is 2. The van der Waals surface area contributed by atoms with Crippen LogP contribution in [0.15, 0.2) is 24.3 Å². The van der Waals surface area contributed by atoms with E-state index >= 15 is 0 Å². The number of hydrogen-bond donors (Lipinski definition) is 1. The molecule has 2 fully saturated rings. The molecule has 0 radical (unpaired) electrons. The predicted octanol–water partition coefficient (Wildman–Crippen LogP) is 3.42. The van der Waals surface area contributed by atoms with Gasteiger partial charge in [-0.15, -0.1) is 0 Å². The lowest BCUT2D eigenvalue weighted by Gasteiger charge is -2.45. The van der Waals surface area contributed by atoms with E-state index in [0.29, 0.717) is 6.54 Å². The zero-order chi connectivity index (χ0) is 14.9. The van der Waals surface area contributed by atoms with Crippen molar-refractivity contribution in [3.8, 4) is 0 Å². The quantitative estimate of drug-likeness (QED) is 0.900. The van der Waals surface area contributed by atoms with Crippen LogP contribution in [0.5, 0.6) is 0 Å². The fourth-order valence-electron chi connectivity index (χ4n) is 3.72. The lowest BCUT2D eigenvalue weighted by atomic mass is 9.92. The number of rotatable bonds is 2. The summed E-state index contributed by atoms with van der Waals surface area (Å²) in [6.45, 7) is 3.41. The van der Waals surface area contributed by atoms with Crippen LogP contribution in [0.2, 0.25) is 0 Å².